The summed E-state index contributed by atoms with van der Waals surface area (Å²) in [5, 5.41) is 20.4. The average molecular weight is 292 g/mol. The SMILES string of the molecule is CC1CCc2ccccc2N1C(=O)NC(CCO)C(=O)O. The second-order valence-corrected chi connectivity index (χ2v) is 5.24. The molecule has 1 aliphatic heterocycles. The van der Waals surface area contributed by atoms with E-state index in [1.807, 2.05) is 31.2 Å². The van der Waals surface area contributed by atoms with Gasteiger partial charge in [-0.05, 0) is 31.4 Å². The molecule has 1 heterocycles. The molecule has 21 heavy (non-hydrogen) atoms. The highest BCUT2D eigenvalue weighted by molar-refractivity contribution is 5.96. The van der Waals surface area contributed by atoms with Crippen molar-refractivity contribution >= 4 is 17.7 Å². The molecule has 0 spiro atoms. The zero-order valence-electron chi connectivity index (χ0n) is 12.0. The van der Waals surface area contributed by atoms with E-state index in [-0.39, 0.29) is 19.1 Å². The number of carbonyl (C=O) groups is 2. The van der Waals surface area contributed by atoms with Crippen molar-refractivity contribution in [2.75, 3.05) is 11.5 Å². The summed E-state index contributed by atoms with van der Waals surface area (Å²) < 4.78 is 0. The van der Waals surface area contributed by atoms with Crippen LogP contribution in [0, 0.1) is 0 Å². The first kappa shape index (κ1) is 15.3. The smallest absolute Gasteiger partial charge is 0.326 e. The van der Waals surface area contributed by atoms with Gasteiger partial charge in [-0.3, -0.25) is 4.90 Å². The van der Waals surface area contributed by atoms with Crippen LogP contribution in [-0.2, 0) is 11.2 Å². The van der Waals surface area contributed by atoms with E-state index in [0.717, 1.165) is 24.1 Å². The normalized spacial score (nSPS) is 18.8. The standard InChI is InChI=1S/C15H20N2O4/c1-10-6-7-11-4-2-3-5-13(11)17(10)15(21)16-12(8-9-18)14(19)20/h2-5,10,12,18H,6-9H2,1H3,(H,16,21)(H,19,20). The number of aliphatic hydroxyl groups is 1. The molecule has 0 aliphatic carbocycles. The van der Waals surface area contributed by atoms with E-state index in [1.54, 1.807) is 4.90 Å². The van der Waals surface area contributed by atoms with E-state index in [9.17, 15) is 9.59 Å². The molecule has 0 bridgehead atoms. The van der Waals surface area contributed by atoms with Gasteiger partial charge in [0.15, 0.2) is 0 Å². The van der Waals surface area contributed by atoms with Crippen LogP contribution < -0.4 is 10.2 Å². The lowest BCUT2D eigenvalue weighted by molar-refractivity contribution is -0.139. The minimum Gasteiger partial charge on any atom is -0.480 e. The van der Waals surface area contributed by atoms with Crippen LogP contribution in [0.1, 0.15) is 25.3 Å². The van der Waals surface area contributed by atoms with Gasteiger partial charge in [-0.2, -0.15) is 0 Å². The van der Waals surface area contributed by atoms with Crippen molar-refractivity contribution in [2.45, 2.75) is 38.3 Å². The Morgan fingerprint density at radius 2 is 2.14 bits per heavy atom. The molecule has 6 nitrogen and oxygen atoms in total. The molecule has 0 aromatic heterocycles. The van der Waals surface area contributed by atoms with Gasteiger partial charge in [-0.25, -0.2) is 9.59 Å². The number of aryl methyl sites for hydroxylation is 1. The van der Waals surface area contributed by atoms with Crippen LogP contribution in [-0.4, -0.2) is 40.9 Å². The van der Waals surface area contributed by atoms with Crippen molar-refractivity contribution in [3.8, 4) is 0 Å². The van der Waals surface area contributed by atoms with Crippen LogP contribution in [0.2, 0.25) is 0 Å². The number of anilines is 1. The molecule has 2 rings (SSSR count). The predicted octanol–water partition coefficient (Wildman–Crippen LogP) is 1.37. The molecule has 1 aromatic rings. The molecule has 2 atom stereocenters. The Bertz CT molecular complexity index is 532. The van der Waals surface area contributed by atoms with E-state index < -0.39 is 18.0 Å². The first-order chi connectivity index (χ1) is 10.0. The highest BCUT2D eigenvalue weighted by Gasteiger charge is 2.30. The minimum absolute atomic E-state index is 0.00321. The second kappa shape index (κ2) is 6.58. The Morgan fingerprint density at radius 3 is 2.81 bits per heavy atom. The summed E-state index contributed by atoms with van der Waals surface area (Å²) in [6.07, 6.45) is 1.73. The number of carboxylic acids is 1. The lowest BCUT2D eigenvalue weighted by Crippen LogP contribution is -2.52. The monoisotopic (exact) mass is 292 g/mol. The molecule has 2 unspecified atom stereocenters. The van der Waals surface area contributed by atoms with Gasteiger partial charge in [0.1, 0.15) is 6.04 Å². The van der Waals surface area contributed by atoms with Crippen LogP contribution in [0.15, 0.2) is 24.3 Å². The van der Waals surface area contributed by atoms with Gasteiger partial charge in [0, 0.05) is 24.8 Å². The van der Waals surface area contributed by atoms with Crippen LogP contribution in [0.4, 0.5) is 10.5 Å². The average Bonchev–Trinajstić information content (AvgIpc) is 2.46. The molecule has 0 saturated heterocycles. The van der Waals surface area contributed by atoms with Crippen molar-refractivity contribution < 1.29 is 19.8 Å². The number of aliphatic hydroxyl groups excluding tert-OH is 1. The van der Waals surface area contributed by atoms with E-state index in [4.69, 9.17) is 10.2 Å². The number of nitrogens with zero attached hydrogens (tertiary/aromatic N) is 1. The number of rotatable bonds is 4. The quantitative estimate of drug-likeness (QED) is 0.782. The number of carboxylic acid groups (broad SMARTS) is 1. The maximum atomic E-state index is 12.4. The molecule has 0 radical (unpaired) electrons. The summed E-state index contributed by atoms with van der Waals surface area (Å²) in [5.41, 5.74) is 1.90. The van der Waals surface area contributed by atoms with Crippen LogP contribution in [0.5, 0.6) is 0 Å². The summed E-state index contributed by atoms with van der Waals surface area (Å²) >= 11 is 0. The third-order valence-electron chi connectivity index (χ3n) is 3.76. The number of nitrogens with one attached hydrogen (secondary N) is 1. The lowest BCUT2D eigenvalue weighted by atomic mass is 9.97. The van der Waals surface area contributed by atoms with Crippen LogP contribution in [0.25, 0.3) is 0 Å². The molecular formula is C15H20N2O4. The zero-order valence-corrected chi connectivity index (χ0v) is 12.0. The summed E-state index contributed by atoms with van der Waals surface area (Å²) in [7, 11) is 0. The molecule has 6 heteroatoms. The Labute approximate surface area is 123 Å². The maximum absolute atomic E-state index is 12.4. The van der Waals surface area contributed by atoms with Gasteiger partial charge < -0.3 is 15.5 Å². The molecule has 0 fully saturated rings. The summed E-state index contributed by atoms with van der Waals surface area (Å²) in [4.78, 5) is 25.1. The van der Waals surface area contributed by atoms with Gasteiger partial charge in [0.05, 0.1) is 0 Å². The molecule has 114 valence electrons. The maximum Gasteiger partial charge on any atom is 0.326 e. The fourth-order valence-corrected chi connectivity index (χ4v) is 2.60. The summed E-state index contributed by atoms with van der Waals surface area (Å²) in [6, 6.07) is 6.12. The number of para-hydroxylation sites is 1. The van der Waals surface area contributed by atoms with Crippen LogP contribution in [0.3, 0.4) is 0 Å². The molecule has 1 aromatic carbocycles. The van der Waals surface area contributed by atoms with Crippen molar-refractivity contribution in [1.82, 2.24) is 5.32 Å². The van der Waals surface area contributed by atoms with Gasteiger partial charge >= 0.3 is 12.0 Å². The predicted molar refractivity (Wildman–Crippen MR) is 78.4 cm³/mol. The van der Waals surface area contributed by atoms with Gasteiger partial charge in [-0.1, -0.05) is 18.2 Å². The fourth-order valence-electron chi connectivity index (χ4n) is 2.60. The number of fused-ring (bicyclic) bond motifs is 1. The number of hydrogen-bond donors (Lipinski definition) is 3. The van der Waals surface area contributed by atoms with Crippen molar-refractivity contribution in [3.63, 3.8) is 0 Å². The van der Waals surface area contributed by atoms with E-state index in [2.05, 4.69) is 5.32 Å². The van der Waals surface area contributed by atoms with E-state index in [1.165, 1.54) is 0 Å². The molecule has 0 saturated carbocycles. The highest BCUT2D eigenvalue weighted by Crippen LogP contribution is 2.30. The molecule has 1 aliphatic rings. The second-order valence-electron chi connectivity index (χ2n) is 5.24. The first-order valence-electron chi connectivity index (χ1n) is 7.06. The van der Waals surface area contributed by atoms with E-state index >= 15 is 0 Å². The largest absolute Gasteiger partial charge is 0.480 e. The van der Waals surface area contributed by atoms with Crippen molar-refractivity contribution in [2.24, 2.45) is 0 Å². The van der Waals surface area contributed by atoms with E-state index in [0.29, 0.717) is 0 Å². The fraction of sp³-hybridized carbons (Fsp3) is 0.467. The van der Waals surface area contributed by atoms with Gasteiger partial charge in [-0.15, -0.1) is 0 Å². The Hall–Kier alpha value is -2.08. The summed E-state index contributed by atoms with van der Waals surface area (Å²) in [6.45, 7) is 1.65. The van der Waals surface area contributed by atoms with Gasteiger partial charge in [0.25, 0.3) is 0 Å². The topological polar surface area (TPSA) is 89.9 Å². The van der Waals surface area contributed by atoms with Crippen molar-refractivity contribution in [3.05, 3.63) is 29.8 Å². The first-order valence-corrected chi connectivity index (χ1v) is 7.06. The van der Waals surface area contributed by atoms with Crippen LogP contribution >= 0.6 is 0 Å². The molecule has 2 amide bonds. The van der Waals surface area contributed by atoms with Gasteiger partial charge in [0.2, 0.25) is 0 Å². The minimum atomic E-state index is -1.14. The number of carbonyl (C=O) groups excluding carboxylic acids is 1. The molecular weight excluding hydrogens is 272 g/mol. The molecule has 3 N–H and O–H groups in total. The summed E-state index contributed by atoms with van der Waals surface area (Å²) in [5.74, 6) is -1.14. The number of urea groups is 1. The highest BCUT2D eigenvalue weighted by atomic mass is 16.4. The Balaban J connectivity index is 2.20. The van der Waals surface area contributed by atoms with Crippen molar-refractivity contribution in [1.29, 1.82) is 0 Å². The number of hydrogen-bond acceptors (Lipinski definition) is 3. The third kappa shape index (κ3) is 3.33. The Morgan fingerprint density at radius 1 is 1.43 bits per heavy atom. The lowest BCUT2D eigenvalue weighted by Gasteiger charge is -2.35. The number of benzene rings is 1. The third-order valence-corrected chi connectivity index (χ3v) is 3.76. The zero-order chi connectivity index (χ0) is 15.4. The number of amides is 2. The Kier molecular flexibility index (Phi) is 4.80. The number of aliphatic carboxylic acids is 1.